The summed E-state index contributed by atoms with van der Waals surface area (Å²) in [6, 6.07) is 1.89. The molecular formula is C14H19NO4S. The van der Waals surface area contributed by atoms with Gasteiger partial charge in [0.15, 0.2) is 6.10 Å². The van der Waals surface area contributed by atoms with E-state index in [0.29, 0.717) is 18.0 Å². The molecule has 5 nitrogen and oxygen atoms in total. The summed E-state index contributed by atoms with van der Waals surface area (Å²) >= 11 is 1.48. The van der Waals surface area contributed by atoms with E-state index in [4.69, 9.17) is 9.47 Å². The number of hydrogen-bond donors (Lipinski definition) is 1. The van der Waals surface area contributed by atoms with E-state index in [1.807, 2.05) is 6.07 Å². The van der Waals surface area contributed by atoms with Crippen LogP contribution in [-0.4, -0.2) is 38.2 Å². The molecule has 1 aliphatic carbocycles. The Kier molecular flexibility index (Phi) is 5.14. The Morgan fingerprint density at radius 2 is 2.25 bits per heavy atom. The van der Waals surface area contributed by atoms with E-state index in [1.165, 1.54) is 21.8 Å². The van der Waals surface area contributed by atoms with Crippen LogP contribution in [0.25, 0.3) is 0 Å². The second-order valence-electron chi connectivity index (χ2n) is 4.74. The number of esters is 1. The first-order valence-corrected chi connectivity index (χ1v) is 7.52. The maximum absolute atomic E-state index is 12.0. The Morgan fingerprint density at radius 1 is 1.45 bits per heavy atom. The molecule has 0 unspecified atom stereocenters. The van der Waals surface area contributed by atoms with E-state index >= 15 is 0 Å². The van der Waals surface area contributed by atoms with Crippen molar-refractivity contribution in [2.24, 2.45) is 0 Å². The van der Waals surface area contributed by atoms with E-state index in [9.17, 15) is 9.59 Å². The first-order valence-electron chi connectivity index (χ1n) is 6.71. The number of thiophene rings is 1. The normalized spacial score (nSPS) is 14.7. The lowest BCUT2D eigenvalue weighted by Crippen LogP contribution is -2.37. The van der Waals surface area contributed by atoms with Crippen LogP contribution < -0.4 is 5.32 Å². The van der Waals surface area contributed by atoms with Crippen LogP contribution in [0.5, 0.6) is 0 Å². The second kappa shape index (κ2) is 6.85. The molecule has 6 heteroatoms. The minimum atomic E-state index is -0.795. The molecule has 0 spiro atoms. The predicted octanol–water partition coefficient (Wildman–Crippen LogP) is 1.54. The lowest BCUT2D eigenvalue weighted by atomic mass is 10.2. The van der Waals surface area contributed by atoms with Crippen LogP contribution in [0.4, 0.5) is 0 Å². The molecule has 1 heterocycles. The number of fused-ring (bicyclic) bond motifs is 1. The maximum Gasteiger partial charge on any atom is 0.349 e. The van der Waals surface area contributed by atoms with E-state index in [2.05, 4.69) is 5.32 Å². The summed E-state index contributed by atoms with van der Waals surface area (Å²) in [7, 11) is 1.56. The molecule has 20 heavy (non-hydrogen) atoms. The van der Waals surface area contributed by atoms with Crippen molar-refractivity contribution < 1.29 is 19.1 Å². The van der Waals surface area contributed by atoms with Gasteiger partial charge in [-0.2, -0.15) is 0 Å². The van der Waals surface area contributed by atoms with Crippen LogP contribution in [0.15, 0.2) is 6.07 Å². The summed E-state index contributed by atoms with van der Waals surface area (Å²) in [5.74, 6) is -0.724. The van der Waals surface area contributed by atoms with Crippen molar-refractivity contribution in [1.29, 1.82) is 0 Å². The molecule has 0 aliphatic heterocycles. The SMILES string of the molecule is COCCNC(=O)[C@H](C)OC(=O)c1cc2c(s1)CCC2. The van der Waals surface area contributed by atoms with Gasteiger partial charge < -0.3 is 14.8 Å². The number of rotatable bonds is 6. The van der Waals surface area contributed by atoms with Gasteiger partial charge in [-0.25, -0.2) is 4.79 Å². The van der Waals surface area contributed by atoms with Gasteiger partial charge in [-0.1, -0.05) is 0 Å². The summed E-state index contributed by atoms with van der Waals surface area (Å²) in [5.41, 5.74) is 1.25. The molecule has 1 atom stereocenters. The highest BCUT2D eigenvalue weighted by Crippen LogP contribution is 2.31. The standard InChI is InChI=1S/C14H19NO4S/c1-9(13(16)15-6-7-18-2)19-14(17)12-8-10-4-3-5-11(10)20-12/h8-9H,3-7H2,1-2H3,(H,15,16)/t9-/m0/s1. The Labute approximate surface area is 122 Å². The molecule has 0 bridgehead atoms. The quantitative estimate of drug-likeness (QED) is 0.639. The number of nitrogens with one attached hydrogen (secondary N) is 1. The monoisotopic (exact) mass is 297 g/mol. The number of ether oxygens (including phenoxy) is 2. The predicted molar refractivity (Wildman–Crippen MR) is 76.1 cm³/mol. The Hall–Kier alpha value is -1.40. The largest absolute Gasteiger partial charge is 0.448 e. The first kappa shape index (κ1) is 15.0. The average Bonchev–Trinajstić information content (AvgIpc) is 2.99. The van der Waals surface area contributed by atoms with Crippen molar-refractivity contribution in [3.8, 4) is 0 Å². The van der Waals surface area contributed by atoms with Crippen molar-refractivity contribution >= 4 is 23.2 Å². The molecule has 2 rings (SSSR count). The molecule has 110 valence electrons. The van der Waals surface area contributed by atoms with E-state index < -0.39 is 12.1 Å². The van der Waals surface area contributed by atoms with E-state index in [1.54, 1.807) is 14.0 Å². The van der Waals surface area contributed by atoms with Gasteiger partial charge in [-0.05, 0) is 37.8 Å². The number of aryl methyl sites for hydroxylation is 2. The highest BCUT2D eigenvalue weighted by Gasteiger charge is 2.23. The van der Waals surface area contributed by atoms with Crippen LogP contribution in [-0.2, 0) is 27.1 Å². The molecule has 0 saturated heterocycles. The molecule has 0 aromatic carbocycles. The number of carbonyl (C=O) groups is 2. The molecule has 0 saturated carbocycles. The molecule has 1 amide bonds. The molecule has 0 radical (unpaired) electrons. The van der Waals surface area contributed by atoms with Crippen molar-refractivity contribution in [3.05, 3.63) is 21.4 Å². The van der Waals surface area contributed by atoms with Gasteiger partial charge in [0.05, 0.1) is 6.61 Å². The molecule has 1 aliphatic rings. The lowest BCUT2D eigenvalue weighted by molar-refractivity contribution is -0.129. The molecular weight excluding hydrogens is 278 g/mol. The molecule has 0 fully saturated rings. The first-order chi connectivity index (χ1) is 9.61. The summed E-state index contributed by atoms with van der Waals surface area (Å²) in [6.07, 6.45) is 2.44. The third-order valence-corrected chi connectivity index (χ3v) is 4.42. The van der Waals surface area contributed by atoms with Crippen LogP contribution >= 0.6 is 11.3 Å². The topological polar surface area (TPSA) is 64.6 Å². The molecule has 1 aromatic heterocycles. The Morgan fingerprint density at radius 3 is 2.95 bits per heavy atom. The number of amides is 1. The van der Waals surface area contributed by atoms with Gasteiger partial charge in [0.1, 0.15) is 4.88 Å². The minimum absolute atomic E-state index is 0.306. The van der Waals surface area contributed by atoms with E-state index in [0.717, 1.165) is 19.3 Å². The van der Waals surface area contributed by atoms with Crippen LogP contribution in [0, 0.1) is 0 Å². The van der Waals surface area contributed by atoms with Gasteiger partial charge in [-0.15, -0.1) is 11.3 Å². The van der Waals surface area contributed by atoms with Gasteiger partial charge in [0.25, 0.3) is 5.91 Å². The van der Waals surface area contributed by atoms with Crippen molar-refractivity contribution in [2.45, 2.75) is 32.3 Å². The minimum Gasteiger partial charge on any atom is -0.448 e. The third kappa shape index (κ3) is 3.58. The zero-order valence-electron chi connectivity index (χ0n) is 11.7. The third-order valence-electron chi connectivity index (χ3n) is 3.21. The Balaban J connectivity index is 1.85. The maximum atomic E-state index is 12.0. The number of methoxy groups -OCH3 is 1. The fourth-order valence-corrected chi connectivity index (χ4v) is 3.26. The van der Waals surface area contributed by atoms with Crippen LogP contribution in [0.1, 0.15) is 33.5 Å². The fourth-order valence-electron chi connectivity index (χ4n) is 2.12. The summed E-state index contributed by atoms with van der Waals surface area (Å²) in [6.45, 7) is 2.41. The zero-order chi connectivity index (χ0) is 14.5. The molecule has 1 aromatic rings. The summed E-state index contributed by atoms with van der Waals surface area (Å²) in [4.78, 5) is 25.5. The fraction of sp³-hybridized carbons (Fsp3) is 0.571. The van der Waals surface area contributed by atoms with Gasteiger partial charge >= 0.3 is 5.97 Å². The lowest BCUT2D eigenvalue weighted by Gasteiger charge is -2.12. The zero-order valence-corrected chi connectivity index (χ0v) is 12.5. The van der Waals surface area contributed by atoms with Crippen LogP contribution in [0.2, 0.25) is 0 Å². The van der Waals surface area contributed by atoms with Crippen molar-refractivity contribution in [1.82, 2.24) is 5.32 Å². The van der Waals surface area contributed by atoms with Crippen molar-refractivity contribution in [3.63, 3.8) is 0 Å². The second-order valence-corrected chi connectivity index (χ2v) is 5.88. The number of hydrogen-bond acceptors (Lipinski definition) is 5. The Bertz CT molecular complexity index is 476. The molecule has 1 N–H and O–H groups in total. The smallest absolute Gasteiger partial charge is 0.349 e. The summed E-state index contributed by atoms with van der Waals surface area (Å²) in [5, 5.41) is 2.64. The average molecular weight is 297 g/mol. The van der Waals surface area contributed by atoms with Gasteiger partial charge in [0.2, 0.25) is 0 Å². The highest BCUT2D eigenvalue weighted by atomic mass is 32.1. The van der Waals surface area contributed by atoms with Crippen molar-refractivity contribution in [2.75, 3.05) is 20.3 Å². The van der Waals surface area contributed by atoms with Gasteiger partial charge in [0, 0.05) is 18.5 Å². The van der Waals surface area contributed by atoms with Crippen LogP contribution in [0.3, 0.4) is 0 Å². The summed E-state index contributed by atoms with van der Waals surface area (Å²) < 4.78 is 10.0. The van der Waals surface area contributed by atoms with Gasteiger partial charge in [-0.3, -0.25) is 4.79 Å². The highest BCUT2D eigenvalue weighted by molar-refractivity contribution is 7.14. The number of carbonyl (C=O) groups excluding carboxylic acids is 2. The van der Waals surface area contributed by atoms with E-state index in [-0.39, 0.29) is 5.91 Å².